The summed E-state index contributed by atoms with van der Waals surface area (Å²) in [6.07, 6.45) is 1.71. The summed E-state index contributed by atoms with van der Waals surface area (Å²) >= 11 is 0. The van der Waals surface area contributed by atoms with Crippen LogP contribution in [0.4, 0.5) is 0 Å². The molecule has 2 aromatic carbocycles. The molecule has 1 aromatic heterocycles. The van der Waals surface area contributed by atoms with Gasteiger partial charge in [-0.3, -0.25) is 0 Å². The Kier molecular flexibility index (Phi) is 4.15. The highest BCUT2D eigenvalue weighted by Crippen LogP contribution is 2.26. The smallest absolute Gasteiger partial charge is 0.316 e. The van der Waals surface area contributed by atoms with E-state index < -0.39 is 0 Å². The molecule has 3 aromatic rings. The Morgan fingerprint density at radius 3 is 2.50 bits per heavy atom. The van der Waals surface area contributed by atoms with Gasteiger partial charge in [-0.1, -0.05) is 48.5 Å². The average molecular weight is 290 g/mol. The SMILES string of the molecule is Cc1ccnc(OCc2cccc(-c3ccccc3)c2C)n1. The number of aromatic nitrogens is 2. The fourth-order valence-corrected chi connectivity index (χ4v) is 2.41. The Morgan fingerprint density at radius 1 is 0.909 bits per heavy atom. The molecule has 3 nitrogen and oxygen atoms in total. The van der Waals surface area contributed by atoms with Crippen LogP contribution in [0.25, 0.3) is 11.1 Å². The van der Waals surface area contributed by atoms with Crippen molar-refractivity contribution in [3.05, 3.63) is 77.6 Å². The molecule has 1 heterocycles. The molecule has 0 aliphatic heterocycles. The van der Waals surface area contributed by atoms with E-state index >= 15 is 0 Å². The van der Waals surface area contributed by atoms with Crippen LogP contribution in [-0.4, -0.2) is 9.97 Å². The second-order valence-electron chi connectivity index (χ2n) is 5.22. The van der Waals surface area contributed by atoms with Gasteiger partial charge in [-0.25, -0.2) is 9.97 Å². The summed E-state index contributed by atoms with van der Waals surface area (Å²) in [5.74, 6) is 0. The summed E-state index contributed by atoms with van der Waals surface area (Å²) in [6.45, 7) is 4.52. The highest BCUT2D eigenvalue weighted by atomic mass is 16.5. The predicted molar refractivity (Wildman–Crippen MR) is 87.7 cm³/mol. The fraction of sp³-hybridized carbons (Fsp3) is 0.158. The van der Waals surface area contributed by atoms with Gasteiger partial charge in [0, 0.05) is 11.9 Å². The molecule has 0 aliphatic rings. The van der Waals surface area contributed by atoms with Crippen molar-refractivity contribution < 1.29 is 4.74 Å². The third kappa shape index (κ3) is 3.14. The van der Waals surface area contributed by atoms with Gasteiger partial charge in [0.15, 0.2) is 0 Å². The van der Waals surface area contributed by atoms with E-state index in [4.69, 9.17) is 4.74 Å². The zero-order valence-electron chi connectivity index (χ0n) is 12.8. The standard InChI is InChI=1S/C19H18N2O/c1-14-11-12-20-19(21-14)22-13-17-9-6-10-18(15(17)2)16-7-4-3-5-8-16/h3-12H,13H2,1-2H3. The minimum Gasteiger partial charge on any atom is -0.459 e. The molecule has 0 unspecified atom stereocenters. The first-order valence-corrected chi connectivity index (χ1v) is 7.30. The van der Waals surface area contributed by atoms with Crippen LogP contribution in [0, 0.1) is 13.8 Å². The summed E-state index contributed by atoms with van der Waals surface area (Å²) in [5.41, 5.74) is 5.72. The number of hydrogen-bond acceptors (Lipinski definition) is 3. The van der Waals surface area contributed by atoms with Crippen LogP contribution >= 0.6 is 0 Å². The van der Waals surface area contributed by atoms with Crippen molar-refractivity contribution in [3.8, 4) is 17.1 Å². The largest absolute Gasteiger partial charge is 0.459 e. The molecule has 3 heteroatoms. The lowest BCUT2D eigenvalue weighted by Gasteiger charge is -2.12. The first kappa shape index (κ1) is 14.3. The molecular weight excluding hydrogens is 272 g/mol. The minimum atomic E-state index is 0.421. The first-order chi connectivity index (χ1) is 10.7. The average Bonchev–Trinajstić information content (AvgIpc) is 2.55. The van der Waals surface area contributed by atoms with Crippen molar-refractivity contribution in [1.29, 1.82) is 0 Å². The normalized spacial score (nSPS) is 10.5. The number of aryl methyl sites for hydroxylation is 1. The van der Waals surface area contributed by atoms with Crippen molar-refractivity contribution in [2.24, 2.45) is 0 Å². The van der Waals surface area contributed by atoms with Gasteiger partial charge in [0.2, 0.25) is 0 Å². The first-order valence-electron chi connectivity index (χ1n) is 7.30. The minimum absolute atomic E-state index is 0.421. The van der Waals surface area contributed by atoms with Crippen LogP contribution in [0.3, 0.4) is 0 Å². The van der Waals surface area contributed by atoms with E-state index in [1.807, 2.05) is 19.1 Å². The summed E-state index contributed by atoms with van der Waals surface area (Å²) in [5, 5.41) is 0. The fourth-order valence-electron chi connectivity index (χ4n) is 2.41. The van der Waals surface area contributed by atoms with Gasteiger partial charge in [0.25, 0.3) is 0 Å². The maximum absolute atomic E-state index is 5.72. The van der Waals surface area contributed by atoms with Gasteiger partial charge in [-0.2, -0.15) is 0 Å². The summed E-state index contributed by atoms with van der Waals surface area (Å²) < 4.78 is 5.72. The Bertz CT molecular complexity index is 769. The van der Waals surface area contributed by atoms with E-state index in [1.54, 1.807) is 6.20 Å². The molecule has 0 spiro atoms. The molecule has 0 fully saturated rings. The van der Waals surface area contributed by atoms with E-state index in [0.717, 1.165) is 11.3 Å². The lowest BCUT2D eigenvalue weighted by Crippen LogP contribution is -2.02. The van der Waals surface area contributed by atoms with Crippen molar-refractivity contribution in [2.75, 3.05) is 0 Å². The molecule has 0 saturated heterocycles. The van der Waals surface area contributed by atoms with Crippen LogP contribution < -0.4 is 4.74 Å². The highest BCUT2D eigenvalue weighted by molar-refractivity contribution is 5.68. The van der Waals surface area contributed by atoms with Crippen molar-refractivity contribution in [1.82, 2.24) is 9.97 Å². The molecule has 3 rings (SSSR count). The van der Waals surface area contributed by atoms with E-state index in [-0.39, 0.29) is 0 Å². The molecule has 0 radical (unpaired) electrons. The maximum Gasteiger partial charge on any atom is 0.316 e. The van der Waals surface area contributed by atoms with Crippen LogP contribution in [0.1, 0.15) is 16.8 Å². The van der Waals surface area contributed by atoms with Gasteiger partial charge >= 0.3 is 6.01 Å². The van der Waals surface area contributed by atoms with Crippen LogP contribution in [-0.2, 0) is 6.61 Å². The molecule has 22 heavy (non-hydrogen) atoms. The van der Waals surface area contributed by atoms with E-state index in [9.17, 15) is 0 Å². The zero-order valence-corrected chi connectivity index (χ0v) is 12.8. The van der Waals surface area contributed by atoms with Gasteiger partial charge in [0.1, 0.15) is 6.61 Å². The Balaban J connectivity index is 1.83. The highest BCUT2D eigenvalue weighted by Gasteiger charge is 2.07. The van der Waals surface area contributed by atoms with Crippen molar-refractivity contribution in [3.63, 3.8) is 0 Å². The quantitative estimate of drug-likeness (QED) is 0.717. The molecule has 0 amide bonds. The third-order valence-corrected chi connectivity index (χ3v) is 3.66. The Labute approximate surface area is 130 Å². The van der Waals surface area contributed by atoms with E-state index in [0.29, 0.717) is 12.6 Å². The number of hydrogen-bond donors (Lipinski definition) is 0. The van der Waals surface area contributed by atoms with Gasteiger partial charge in [0.05, 0.1) is 0 Å². The summed E-state index contributed by atoms with van der Waals surface area (Å²) in [6, 6.07) is 18.9. The van der Waals surface area contributed by atoms with Gasteiger partial charge < -0.3 is 4.74 Å². The summed E-state index contributed by atoms with van der Waals surface area (Å²) in [7, 11) is 0. The zero-order chi connectivity index (χ0) is 15.4. The molecule has 110 valence electrons. The second kappa shape index (κ2) is 6.39. The summed E-state index contributed by atoms with van der Waals surface area (Å²) in [4.78, 5) is 8.40. The van der Waals surface area contributed by atoms with Gasteiger partial charge in [-0.15, -0.1) is 0 Å². The second-order valence-corrected chi connectivity index (χ2v) is 5.22. The number of nitrogens with zero attached hydrogens (tertiary/aromatic N) is 2. The molecule has 0 aliphatic carbocycles. The maximum atomic E-state index is 5.72. The monoisotopic (exact) mass is 290 g/mol. The molecule has 0 atom stereocenters. The van der Waals surface area contributed by atoms with Crippen LogP contribution in [0.15, 0.2) is 60.8 Å². The Morgan fingerprint density at radius 2 is 1.73 bits per heavy atom. The Hall–Kier alpha value is -2.68. The van der Waals surface area contributed by atoms with Gasteiger partial charge in [-0.05, 0) is 42.2 Å². The van der Waals surface area contributed by atoms with E-state index in [1.165, 1.54) is 16.7 Å². The van der Waals surface area contributed by atoms with Crippen molar-refractivity contribution in [2.45, 2.75) is 20.5 Å². The van der Waals surface area contributed by atoms with Crippen molar-refractivity contribution >= 4 is 0 Å². The lowest BCUT2D eigenvalue weighted by molar-refractivity contribution is 0.279. The van der Waals surface area contributed by atoms with E-state index in [2.05, 4.69) is 59.4 Å². The topological polar surface area (TPSA) is 35.0 Å². The predicted octanol–water partition coefficient (Wildman–Crippen LogP) is 4.34. The van der Waals surface area contributed by atoms with Crippen LogP contribution in [0.5, 0.6) is 6.01 Å². The number of rotatable bonds is 4. The molecular formula is C19H18N2O. The third-order valence-electron chi connectivity index (χ3n) is 3.66. The number of ether oxygens (including phenoxy) is 1. The number of benzene rings is 2. The van der Waals surface area contributed by atoms with Crippen LogP contribution in [0.2, 0.25) is 0 Å². The molecule has 0 bridgehead atoms. The molecule has 0 saturated carbocycles. The molecule has 0 N–H and O–H groups in total. The lowest BCUT2D eigenvalue weighted by atomic mass is 9.97.